The highest BCUT2D eigenvalue weighted by molar-refractivity contribution is 5.20. The average Bonchev–Trinajstić information content (AvgIpc) is 2.36. The molecule has 3 nitrogen and oxygen atoms in total. The zero-order valence-corrected chi connectivity index (χ0v) is 12.8. The molecule has 20 heavy (non-hydrogen) atoms. The van der Waals surface area contributed by atoms with Crippen LogP contribution in [0.25, 0.3) is 0 Å². The molecule has 1 fully saturated rings. The third-order valence-electron chi connectivity index (χ3n) is 4.79. The summed E-state index contributed by atoms with van der Waals surface area (Å²) in [7, 11) is 6.43. The molecule has 1 atom stereocenters. The normalized spacial score (nSPS) is 19.1. The Balaban J connectivity index is 2.09. The number of nitrogens with two attached hydrogens (primary N) is 1. The molecule has 0 aromatic heterocycles. The Bertz CT molecular complexity index is 426. The maximum Gasteiger partial charge on any atom is 0.123 e. The van der Waals surface area contributed by atoms with Crippen LogP contribution in [0.2, 0.25) is 0 Å². The number of likely N-dealkylation sites (N-methyl/N-ethyl adjacent to an activating group) is 2. The van der Waals surface area contributed by atoms with Crippen molar-refractivity contribution in [1.82, 2.24) is 9.80 Å². The van der Waals surface area contributed by atoms with Crippen molar-refractivity contribution in [3.8, 4) is 0 Å². The zero-order chi connectivity index (χ0) is 14.8. The third kappa shape index (κ3) is 3.03. The largest absolute Gasteiger partial charge is 0.329 e. The lowest BCUT2D eigenvalue weighted by Crippen LogP contribution is -2.57. The number of hydrogen-bond donors (Lipinski definition) is 1. The summed E-state index contributed by atoms with van der Waals surface area (Å²) in [5.41, 5.74) is 7.32. The second-order valence-corrected chi connectivity index (χ2v) is 6.19. The molecule has 1 aromatic rings. The Morgan fingerprint density at radius 3 is 2.20 bits per heavy atom. The maximum absolute atomic E-state index is 13.0. The fourth-order valence-corrected chi connectivity index (χ4v) is 3.16. The van der Waals surface area contributed by atoms with Gasteiger partial charge in [0.15, 0.2) is 0 Å². The molecule has 1 aromatic carbocycles. The third-order valence-corrected chi connectivity index (χ3v) is 4.79. The van der Waals surface area contributed by atoms with Gasteiger partial charge in [0.25, 0.3) is 0 Å². The van der Waals surface area contributed by atoms with E-state index in [0.717, 1.165) is 12.1 Å². The molecule has 1 unspecified atom stereocenters. The molecule has 1 aliphatic carbocycles. The van der Waals surface area contributed by atoms with Gasteiger partial charge in [-0.3, -0.25) is 4.90 Å². The van der Waals surface area contributed by atoms with E-state index in [9.17, 15) is 4.39 Å². The van der Waals surface area contributed by atoms with Gasteiger partial charge in [-0.1, -0.05) is 12.1 Å². The molecule has 112 valence electrons. The summed E-state index contributed by atoms with van der Waals surface area (Å²) in [4.78, 5) is 4.65. The highest BCUT2D eigenvalue weighted by atomic mass is 19.1. The van der Waals surface area contributed by atoms with Crippen LogP contribution in [0.5, 0.6) is 0 Å². The summed E-state index contributed by atoms with van der Waals surface area (Å²) < 4.78 is 13.0. The van der Waals surface area contributed by atoms with Crippen molar-refractivity contribution in [2.75, 3.05) is 34.2 Å². The van der Waals surface area contributed by atoms with Gasteiger partial charge in [-0.05, 0) is 58.1 Å². The lowest BCUT2D eigenvalue weighted by molar-refractivity contribution is 0.0168. The van der Waals surface area contributed by atoms with Gasteiger partial charge in [-0.15, -0.1) is 0 Å². The van der Waals surface area contributed by atoms with E-state index < -0.39 is 0 Å². The van der Waals surface area contributed by atoms with E-state index >= 15 is 0 Å². The first kappa shape index (κ1) is 15.4. The molecular formula is C16H26FN3. The molecule has 0 radical (unpaired) electrons. The SMILES string of the molecule is CN(CC1(N(C)C)CCC1)C(CN)c1ccc(F)cc1. The van der Waals surface area contributed by atoms with Crippen molar-refractivity contribution >= 4 is 0 Å². The minimum atomic E-state index is -0.198. The monoisotopic (exact) mass is 279 g/mol. The van der Waals surface area contributed by atoms with Gasteiger partial charge in [0.2, 0.25) is 0 Å². The molecule has 0 amide bonds. The number of halogens is 1. The van der Waals surface area contributed by atoms with E-state index in [1.165, 1.54) is 31.4 Å². The van der Waals surface area contributed by atoms with Gasteiger partial charge in [-0.25, -0.2) is 4.39 Å². The summed E-state index contributed by atoms with van der Waals surface area (Å²) in [5.74, 6) is -0.198. The van der Waals surface area contributed by atoms with Crippen LogP contribution in [0.3, 0.4) is 0 Å². The summed E-state index contributed by atoms with van der Waals surface area (Å²) >= 11 is 0. The quantitative estimate of drug-likeness (QED) is 0.867. The summed E-state index contributed by atoms with van der Waals surface area (Å²) in [6, 6.07) is 6.85. The lowest BCUT2D eigenvalue weighted by Gasteiger charge is -2.50. The molecule has 1 aliphatic rings. The molecular weight excluding hydrogens is 253 g/mol. The van der Waals surface area contributed by atoms with Crippen LogP contribution in [0.1, 0.15) is 30.9 Å². The Hall–Kier alpha value is -0.970. The Kier molecular flexibility index (Phi) is 4.78. The van der Waals surface area contributed by atoms with Crippen LogP contribution in [0, 0.1) is 5.82 Å². The van der Waals surface area contributed by atoms with Crippen LogP contribution in [-0.4, -0.2) is 49.6 Å². The molecule has 1 saturated carbocycles. The number of hydrogen-bond acceptors (Lipinski definition) is 3. The van der Waals surface area contributed by atoms with Crippen molar-refractivity contribution in [3.63, 3.8) is 0 Å². The molecule has 0 saturated heterocycles. The van der Waals surface area contributed by atoms with Gasteiger partial charge in [0, 0.05) is 24.7 Å². The molecule has 0 aliphatic heterocycles. The zero-order valence-electron chi connectivity index (χ0n) is 12.8. The van der Waals surface area contributed by atoms with Gasteiger partial charge in [-0.2, -0.15) is 0 Å². The van der Waals surface area contributed by atoms with E-state index in [-0.39, 0.29) is 17.4 Å². The first-order chi connectivity index (χ1) is 9.48. The first-order valence-corrected chi connectivity index (χ1v) is 7.32. The van der Waals surface area contributed by atoms with Gasteiger partial charge < -0.3 is 10.6 Å². The van der Waals surface area contributed by atoms with Crippen LogP contribution >= 0.6 is 0 Å². The lowest BCUT2D eigenvalue weighted by atomic mass is 9.75. The molecule has 2 N–H and O–H groups in total. The van der Waals surface area contributed by atoms with Crippen LogP contribution in [0.15, 0.2) is 24.3 Å². The Labute approximate surface area is 121 Å². The molecule has 2 rings (SSSR count). The highest BCUT2D eigenvalue weighted by Crippen LogP contribution is 2.38. The van der Waals surface area contributed by atoms with Crippen LogP contribution in [-0.2, 0) is 0 Å². The molecule has 0 spiro atoms. The fourth-order valence-electron chi connectivity index (χ4n) is 3.16. The summed E-state index contributed by atoms with van der Waals surface area (Å²) in [6.45, 7) is 1.55. The predicted octanol–water partition coefficient (Wildman–Crippen LogP) is 2.24. The van der Waals surface area contributed by atoms with Crippen molar-refractivity contribution in [2.45, 2.75) is 30.8 Å². The van der Waals surface area contributed by atoms with Gasteiger partial charge in [0.05, 0.1) is 0 Å². The van der Waals surface area contributed by atoms with E-state index in [1.54, 1.807) is 0 Å². The van der Waals surface area contributed by atoms with Gasteiger partial charge >= 0.3 is 0 Å². The molecule has 0 bridgehead atoms. The smallest absolute Gasteiger partial charge is 0.123 e. The van der Waals surface area contributed by atoms with Gasteiger partial charge in [0.1, 0.15) is 5.82 Å². The van der Waals surface area contributed by atoms with Crippen molar-refractivity contribution in [3.05, 3.63) is 35.6 Å². The Morgan fingerprint density at radius 1 is 1.20 bits per heavy atom. The average molecular weight is 279 g/mol. The summed E-state index contributed by atoms with van der Waals surface area (Å²) in [6.07, 6.45) is 3.78. The van der Waals surface area contributed by atoms with Crippen LogP contribution in [0.4, 0.5) is 4.39 Å². The minimum absolute atomic E-state index is 0.146. The topological polar surface area (TPSA) is 32.5 Å². The number of rotatable bonds is 6. The molecule has 0 heterocycles. The van der Waals surface area contributed by atoms with E-state index in [2.05, 4.69) is 30.9 Å². The van der Waals surface area contributed by atoms with Crippen molar-refractivity contribution in [1.29, 1.82) is 0 Å². The molecule has 4 heteroatoms. The highest BCUT2D eigenvalue weighted by Gasteiger charge is 2.40. The standard InChI is InChI=1S/C16H26FN3/c1-19(2)16(9-4-10-16)12-20(3)15(11-18)13-5-7-14(17)8-6-13/h5-8,15H,4,9-12,18H2,1-3H3. The fraction of sp³-hybridized carbons (Fsp3) is 0.625. The maximum atomic E-state index is 13.0. The predicted molar refractivity (Wildman–Crippen MR) is 81.1 cm³/mol. The van der Waals surface area contributed by atoms with Crippen molar-refractivity contribution < 1.29 is 4.39 Å². The second-order valence-electron chi connectivity index (χ2n) is 6.19. The first-order valence-electron chi connectivity index (χ1n) is 7.32. The Morgan fingerprint density at radius 2 is 1.80 bits per heavy atom. The van der Waals surface area contributed by atoms with E-state index in [1.807, 2.05) is 12.1 Å². The van der Waals surface area contributed by atoms with Crippen molar-refractivity contribution in [2.24, 2.45) is 5.73 Å². The number of nitrogens with zero attached hydrogens (tertiary/aromatic N) is 2. The number of benzene rings is 1. The summed E-state index contributed by atoms with van der Waals surface area (Å²) in [5, 5.41) is 0. The second kappa shape index (κ2) is 6.20. The van der Waals surface area contributed by atoms with Crippen LogP contribution < -0.4 is 5.73 Å². The van der Waals surface area contributed by atoms with E-state index in [0.29, 0.717) is 6.54 Å². The minimum Gasteiger partial charge on any atom is -0.329 e. The van der Waals surface area contributed by atoms with E-state index in [4.69, 9.17) is 5.73 Å².